The summed E-state index contributed by atoms with van der Waals surface area (Å²) in [5, 5.41) is 3.37. The number of nitrogens with one attached hydrogen (secondary N) is 1. The van der Waals surface area contributed by atoms with Crippen molar-refractivity contribution in [2.24, 2.45) is 5.73 Å². The number of aromatic nitrogens is 2. The van der Waals surface area contributed by atoms with Gasteiger partial charge in [0.1, 0.15) is 0 Å². The molecule has 4 heteroatoms. The summed E-state index contributed by atoms with van der Waals surface area (Å²) in [6.07, 6.45) is 0.943. The van der Waals surface area contributed by atoms with E-state index in [0.29, 0.717) is 6.54 Å². The lowest BCUT2D eigenvalue weighted by atomic mass is 10.1. The average molecular weight is 270 g/mol. The monoisotopic (exact) mass is 270 g/mol. The fourth-order valence-electron chi connectivity index (χ4n) is 2.23. The molecule has 106 valence electrons. The van der Waals surface area contributed by atoms with Crippen LogP contribution in [0.2, 0.25) is 0 Å². The molecule has 0 aliphatic rings. The Morgan fingerprint density at radius 1 is 1.05 bits per heavy atom. The van der Waals surface area contributed by atoms with Crippen LogP contribution in [0.15, 0.2) is 24.3 Å². The zero-order valence-corrected chi connectivity index (χ0v) is 12.4. The van der Waals surface area contributed by atoms with E-state index in [1.807, 2.05) is 26.0 Å². The molecule has 0 atom stereocenters. The minimum Gasteiger partial charge on any atom is -0.382 e. The van der Waals surface area contributed by atoms with Gasteiger partial charge in [-0.15, -0.1) is 0 Å². The van der Waals surface area contributed by atoms with Crippen LogP contribution in [0.4, 0.5) is 5.69 Å². The quantitative estimate of drug-likeness (QED) is 0.820. The largest absolute Gasteiger partial charge is 0.382 e. The molecule has 1 aromatic carbocycles. The van der Waals surface area contributed by atoms with Crippen LogP contribution in [-0.2, 0) is 0 Å². The van der Waals surface area contributed by atoms with E-state index in [1.165, 1.54) is 5.56 Å². The normalized spacial score (nSPS) is 10.6. The Morgan fingerprint density at radius 2 is 1.70 bits per heavy atom. The molecule has 0 aliphatic heterocycles. The number of nitrogens with two attached hydrogens (primary N) is 1. The smallest absolute Gasteiger partial charge is 0.160 e. The Labute approximate surface area is 120 Å². The first kappa shape index (κ1) is 14.5. The van der Waals surface area contributed by atoms with Crippen molar-refractivity contribution < 1.29 is 0 Å². The molecule has 0 unspecified atom stereocenters. The van der Waals surface area contributed by atoms with E-state index in [9.17, 15) is 0 Å². The number of nitrogens with zero attached hydrogens (tertiary/aromatic N) is 2. The highest BCUT2D eigenvalue weighted by Crippen LogP contribution is 2.24. The van der Waals surface area contributed by atoms with Gasteiger partial charge in [-0.3, -0.25) is 0 Å². The fraction of sp³-hybridized carbons (Fsp3) is 0.375. The van der Waals surface area contributed by atoms with Crippen LogP contribution in [0.5, 0.6) is 0 Å². The highest BCUT2D eigenvalue weighted by Gasteiger charge is 2.10. The van der Waals surface area contributed by atoms with Crippen molar-refractivity contribution in [2.45, 2.75) is 27.2 Å². The maximum Gasteiger partial charge on any atom is 0.160 e. The molecular weight excluding hydrogens is 248 g/mol. The second-order valence-corrected chi connectivity index (χ2v) is 4.98. The summed E-state index contributed by atoms with van der Waals surface area (Å²) < 4.78 is 0. The van der Waals surface area contributed by atoms with Gasteiger partial charge in [0.25, 0.3) is 0 Å². The SMILES string of the molecule is Cc1ccccc1-c1nc(C)c(NCCCN)c(C)n1. The molecule has 3 N–H and O–H groups in total. The third kappa shape index (κ3) is 3.14. The van der Waals surface area contributed by atoms with Gasteiger partial charge in [-0.05, 0) is 39.3 Å². The molecule has 1 heterocycles. The van der Waals surface area contributed by atoms with Crippen molar-refractivity contribution in [1.29, 1.82) is 0 Å². The maximum atomic E-state index is 5.51. The van der Waals surface area contributed by atoms with Crippen molar-refractivity contribution >= 4 is 5.69 Å². The molecule has 20 heavy (non-hydrogen) atoms. The third-order valence-electron chi connectivity index (χ3n) is 3.34. The highest BCUT2D eigenvalue weighted by atomic mass is 15.0. The van der Waals surface area contributed by atoms with Gasteiger partial charge < -0.3 is 11.1 Å². The summed E-state index contributed by atoms with van der Waals surface area (Å²) in [5.74, 6) is 0.794. The maximum absolute atomic E-state index is 5.51. The second kappa shape index (κ2) is 6.48. The molecule has 0 bridgehead atoms. The van der Waals surface area contributed by atoms with Gasteiger partial charge in [-0.25, -0.2) is 9.97 Å². The fourth-order valence-corrected chi connectivity index (χ4v) is 2.23. The van der Waals surface area contributed by atoms with Gasteiger partial charge in [0.15, 0.2) is 5.82 Å². The topological polar surface area (TPSA) is 63.8 Å². The molecule has 2 aromatic rings. The molecule has 1 aromatic heterocycles. The molecule has 2 rings (SSSR count). The lowest BCUT2D eigenvalue weighted by Crippen LogP contribution is -2.12. The van der Waals surface area contributed by atoms with Gasteiger partial charge in [0.05, 0.1) is 17.1 Å². The van der Waals surface area contributed by atoms with Crippen LogP contribution < -0.4 is 11.1 Å². The van der Waals surface area contributed by atoms with Crippen molar-refractivity contribution in [3.63, 3.8) is 0 Å². The third-order valence-corrected chi connectivity index (χ3v) is 3.34. The summed E-state index contributed by atoms with van der Waals surface area (Å²) in [4.78, 5) is 9.28. The molecule has 4 nitrogen and oxygen atoms in total. The van der Waals surface area contributed by atoms with Crippen molar-refractivity contribution in [3.8, 4) is 11.4 Å². The van der Waals surface area contributed by atoms with E-state index in [1.54, 1.807) is 0 Å². The molecule has 0 radical (unpaired) electrons. The number of hydrogen-bond donors (Lipinski definition) is 2. The highest BCUT2D eigenvalue weighted by molar-refractivity contribution is 5.63. The van der Waals surface area contributed by atoms with Crippen molar-refractivity contribution in [3.05, 3.63) is 41.2 Å². The van der Waals surface area contributed by atoms with Gasteiger partial charge in [0, 0.05) is 12.1 Å². The van der Waals surface area contributed by atoms with Crippen LogP contribution in [-0.4, -0.2) is 23.1 Å². The van der Waals surface area contributed by atoms with Gasteiger partial charge in [-0.2, -0.15) is 0 Å². The molecule has 0 spiro atoms. The van der Waals surface area contributed by atoms with Crippen LogP contribution in [0.1, 0.15) is 23.4 Å². The molecular formula is C16H22N4. The van der Waals surface area contributed by atoms with Crippen molar-refractivity contribution in [2.75, 3.05) is 18.4 Å². The van der Waals surface area contributed by atoms with Crippen LogP contribution in [0.3, 0.4) is 0 Å². The summed E-state index contributed by atoms with van der Waals surface area (Å²) in [6, 6.07) is 8.19. The summed E-state index contributed by atoms with van der Waals surface area (Å²) in [5.41, 5.74) is 10.8. The number of anilines is 1. The van der Waals surface area contributed by atoms with E-state index in [4.69, 9.17) is 5.73 Å². The first-order valence-corrected chi connectivity index (χ1v) is 6.98. The van der Waals surface area contributed by atoms with Gasteiger partial charge >= 0.3 is 0 Å². The minimum absolute atomic E-state index is 0.688. The Balaban J connectivity index is 2.33. The van der Waals surface area contributed by atoms with E-state index in [0.717, 1.165) is 41.4 Å². The zero-order chi connectivity index (χ0) is 14.5. The van der Waals surface area contributed by atoms with E-state index >= 15 is 0 Å². The lowest BCUT2D eigenvalue weighted by molar-refractivity contribution is 0.868. The Morgan fingerprint density at radius 3 is 2.30 bits per heavy atom. The predicted molar refractivity (Wildman–Crippen MR) is 83.8 cm³/mol. The van der Waals surface area contributed by atoms with Crippen LogP contribution >= 0.6 is 0 Å². The van der Waals surface area contributed by atoms with E-state index < -0.39 is 0 Å². The standard InChI is InChI=1S/C16H22N4/c1-11-7-4-5-8-14(11)16-19-12(2)15(13(3)20-16)18-10-6-9-17/h4-5,7-8,18H,6,9-10,17H2,1-3H3. The summed E-state index contributed by atoms with van der Waals surface area (Å²) in [6.45, 7) is 7.65. The number of rotatable bonds is 5. The van der Waals surface area contributed by atoms with Crippen molar-refractivity contribution in [1.82, 2.24) is 9.97 Å². The molecule has 0 aliphatic carbocycles. The summed E-state index contributed by atoms with van der Waals surface area (Å²) >= 11 is 0. The zero-order valence-electron chi connectivity index (χ0n) is 12.4. The lowest BCUT2D eigenvalue weighted by Gasteiger charge is -2.13. The average Bonchev–Trinajstić information content (AvgIpc) is 2.42. The van der Waals surface area contributed by atoms with E-state index in [2.05, 4.69) is 34.3 Å². The van der Waals surface area contributed by atoms with Gasteiger partial charge in [0.2, 0.25) is 0 Å². The van der Waals surface area contributed by atoms with Crippen LogP contribution in [0.25, 0.3) is 11.4 Å². The second-order valence-electron chi connectivity index (χ2n) is 4.98. The summed E-state index contributed by atoms with van der Waals surface area (Å²) in [7, 11) is 0. The Bertz CT molecular complexity index is 570. The number of aryl methyl sites for hydroxylation is 3. The van der Waals surface area contributed by atoms with E-state index in [-0.39, 0.29) is 0 Å². The Kier molecular flexibility index (Phi) is 4.69. The number of hydrogen-bond acceptors (Lipinski definition) is 4. The molecule has 0 fully saturated rings. The van der Waals surface area contributed by atoms with Crippen LogP contribution in [0, 0.1) is 20.8 Å². The number of benzene rings is 1. The minimum atomic E-state index is 0.688. The predicted octanol–water partition coefficient (Wildman–Crippen LogP) is 2.83. The molecule has 0 amide bonds. The van der Waals surface area contributed by atoms with Gasteiger partial charge in [-0.1, -0.05) is 24.3 Å². The first-order valence-electron chi connectivity index (χ1n) is 6.98. The molecule has 0 saturated carbocycles. The first-order chi connectivity index (χ1) is 9.63. The molecule has 0 saturated heterocycles. The Hall–Kier alpha value is -1.94.